The average molecular weight is 274 g/mol. The van der Waals surface area contributed by atoms with E-state index in [0.29, 0.717) is 0 Å². The zero-order valence-corrected chi connectivity index (χ0v) is 11.6. The van der Waals surface area contributed by atoms with Crippen LogP contribution in [0.5, 0.6) is 0 Å². The third-order valence-electron chi connectivity index (χ3n) is 3.23. The molecular weight excluding hydrogens is 256 g/mol. The Hall–Kier alpha value is -2.14. The topological polar surface area (TPSA) is 68.3 Å². The highest BCUT2D eigenvalue weighted by Gasteiger charge is 2.12. The van der Waals surface area contributed by atoms with Crippen molar-refractivity contribution in [3.8, 4) is 0 Å². The summed E-state index contributed by atoms with van der Waals surface area (Å²) < 4.78 is 5.32. The number of non-ortho nitro benzene ring substituents is 1. The van der Waals surface area contributed by atoms with E-state index >= 15 is 0 Å². The van der Waals surface area contributed by atoms with Crippen molar-refractivity contribution in [1.29, 1.82) is 0 Å². The smallest absolute Gasteiger partial charge is 0.269 e. The molecule has 1 heterocycles. The van der Waals surface area contributed by atoms with E-state index in [1.54, 1.807) is 18.4 Å². The summed E-state index contributed by atoms with van der Waals surface area (Å²) in [5, 5.41) is 14.1. The Morgan fingerprint density at radius 2 is 1.95 bits per heavy atom. The standard InChI is InChI=1S/C15H18N2O3/c1-11(10-15-4-3-9-20-15)16-12(2)13-5-7-14(8-6-13)17(18)19/h3-9,11-12,16H,10H2,1-2H3. The molecule has 0 saturated heterocycles. The second-order valence-corrected chi connectivity index (χ2v) is 4.92. The molecule has 20 heavy (non-hydrogen) atoms. The quantitative estimate of drug-likeness (QED) is 0.647. The highest BCUT2D eigenvalue weighted by molar-refractivity contribution is 5.34. The van der Waals surface area contributed by atoms with Crippen LogP contribution in [0.3, 0.4) is 0 Å². The summed E-state index contributed by atoms with van der Waals surface area (Å²) in [6.07, 6.45) is 2.48. The van der Waals surface area contributed by atoms with Gasteiger partial charge in [0, 0.05) is 30.6 Å². The Kier molecular flexibility index (Phi) is 4.53. The van der Waals surface area contributed by atoms with Crippen molar-refractivity contribution in [3.05, 3.63) is 64.1 Å². The lowest BCUT2D eigenvalue weighted by Crippen LogP contribution is -2.30. The maximum atomic E-state index is 10.6. The molecule has 2 aromatic rings. The van der Waals surface area contributed by atoms with Gasteiger partial charge in [-0.05, 0) is 31.5 Å². The molecule has 0 aliphatic rings. The van der Waals surface area contributed by atoms with Crippen LogP contribution < -0.4 is 5.32 Å². The fourth-order valence-corrected chi connectivity index (χ4v) is 2.20. The summed E-state index contributed by atoms with van der Waals surface area (Å²) in [4.78, 5) is 10.2. The number of hydrogen-bond acceptors (Lipinski definition) is 4. The van der Waals surface area contributed by atoms with Gasteiger partial charge in [0.2, 0.25) is 0 Å². The zero-order valence-electron chi connectivity index (χ0n) is 11.6. The fourth-order valence-electron chi connectivity index (χ4n) is 2.20. The van der Waals surface area contributed by atoms with Crippen LogP contribution in [0.1, 0.15) is 31.2 Å². The zero-order chi connectivity index (χ0) is 14.5. The second-order valence-electron chi connectivity index (χ2n) is 4.92. The minimum absolute atomic E-state index is 0.115. The number of nitro benzene ring substituents is 1. The first-order valence-electron chi connectivity index (χ1n) is 6.59. The Morgan fingerprint density at radius 3 is 2.50 bits per heavy atom. The molecule has 0 amide bonds. The van der Waals surface area contributed by atoms with Crippen molar-refractivity contribution < 1.29 is 9.34 Å². The highest BCUT2D eigenvalue weighted by Crippen LogP contribution is 2.18. The minimum atomic E-state index is -0.387. The molecule has 0 bridgehead atoms. The van der Waals surface area contributed by atoms with Crippen molar-refractivity contribution in [1.82, 2.24) is 5.32 Å². The van der Waals surface area contributed by atoms with E-state index < -0.39 is 0 Å². The molecule has 0 spiro atoms. The normalized spacial score (nSPS) is 13.9. The maximum Gasteiger partial charge on any atom is 0.269 e. The Balaban J connectivity index is 1.93. The van der Waals surface area contributed by atoms with Crippen molar-refractivity contribution in [2.24, 2.45) is 0 Å². The van der Waals surface area contributed by atoms with E-state index in [1.165, 1.54) is 12.1 Å². The molecule has 5 heteroatoms. The lowest BCUT2D eigenvalue weighted by molar-refractivity contribution is -0.384. The van der Waals surface area contributed by atoms with Crippen molar-refractivity contribution in [3.63, 3.8) is 0 Å². The summed E-state index contributed by atoms with van der Waals surface area (Å²) in [6.45, 7) is 4.13. The van der Waals surface area contributed by atoms with E-state index in [9.17, 15) is 10.1 Å². The summed E-state index contributed by atoms with van der Waals surface area (Å²) >= 11 is 0. The lowest BCUT2D eigenvalue weighted by atomic mass is 10.1. The molecule has 0 radical (unpaired) electrons. The largest absolute Gasteiger partial charge is 0.469 e. The fraction of sp³-hybridized carbons (Fsp3) is 0.333. The van der Waals surface area contributed by atoms with E-state index in [4.69, 9.17) is 4.42 Å². The van der Waals surface area contributed by atoms with Crippen LogP contribution in [0.25, 0.3) is 0 Å². The first-order chi connectivity index (χ1) is 9.56. The van der Waals surface area contributed by atoms with Gasteiger partial charge in [-0.1, -0.05) is 12.1 Å². The molecule has 1 aromatic heterocycles. The first-order valence-corrected chi connectivity index (χ1v) is 6.59. The van der Waals surface area contributed by atoms with Gasteiger partial charge in [0.15, 0.2) is 0 Å². The summed E-state index contributed by atoms with van der Waals surface area (Å²) in [5.41, 5.74) is 1.14. The van der Waals surface area contributed by atoms with Crippen molar-refractivity contribution in [2.75, 3.05) is 0 Å². The number of hydrogen-bond donors (Lipinski definition) is 1. The number of benzene rings is 1. The number of rotatable bonds is 6. The van der Waals surface area contributed by atoms with Gasteiger partial charge in [-0.15, -0.1) is 0 Å². The van der Waals surface area contributed by atoms with Crippen LogP contribution >= 0.6 is 0 Å². The van der Waals surface area contributed by atoms with Crippen LogP contribution in [-0.2, 0) is 6.42 Å². The van der Waals surface area contributed by atoms with Crippen LogP contribution in [-0.4, -0.2) is 11.0 Å². The third-order valence-corrected chi connectivity index (χ3v) is 3.23. The first kappa shape index (κ1) is 14.3. The molecular formula is C15H18N2O3. The highest BCUT2D eigenvalue weighted by atomic mass is 16.6. The monoisotopic (exact) mass is 274 g/mol. The van der Waals surface area contributed by atoms with Gasteiger partial charge in [-0.25, -0.2) is 0 Å². The molecule has 0 saturated carbocycles. The summed E-state index contributed by atoms with van der Waals surface area (Å²) in [5.74, 6) is 0.945. The molecule has 0 aliphatic heterocycles. The molecule has 2 unspecified atom stereocenters. The molecule has 106 valence electrons. The minimum Gasteiger partial charge on any atom is -0.469 e. The van der Waals surface area contributed by atoms with Gasteiger partial charge in [0.05, 0.1) is 11.2 Å². The molecule has 2 rings (SSSR count). The van der Waals surface area contributed by atoms with Gasteiger partial charge in [-0.2, -0.15) is 0 Å². The summed E-state index contributed by atoms with van der Waals surface area (Å²) in [7, 11) is 0. The van der Waals surface area contributed by atoms with Crippen LogP contribution in [0, 0.1) is 10.1 Å². The van der Waals surface area contributed by atoms with E-state index in [1.807, 2.05) is 19.1 Å². The number of nitrogens with zero attached hydrogens (tertiary/aromatic N) is 1. The second kappa shape index (κ2) is 6.34. The van der Waals surface area contributed by atoms with Crippen molar-refractivity contribution >= 4 is 5.69 Å². The Morgan fingerprint density at radius 1 is 1.25 bits per heavy atom. The lowest BCUT2D eigenvalue weighted by Gasteiger charge is -2.19. The van der Waals surface area contributed by atoms with Crippen LogP contribution in [0.15, 0.2) is 47.1 Å². The van der Waals surface area contributed by atoms with Gasteiger partial charge in [-0.3, -0.25) is 10.1 Å². The van der Waals surface area contributed by atoms with Crippen LogP contribution in [0.2, 0.25) is 0 Å². The van der Waals surface area contributed by atoms with E-state index in [0.717, 1.165) is 17.7 Å². The van der Waals surface area contributed by atoms with Gasteiger partial charge < -0.3 is 9.73 Å². The number of furan rings is 1. The predicted molar refractivity (Wildman–Crippen MR) is 76.5 cm³/mol. The van der Waals surface area contributed by atoms with Crippen molar-refractivity contribution in [2.45, 2.75) is 32.4 Å². The number of nitro groups is 1. The van der Waals surface area contributed by atoms with Gasteiger partial charge in [0.1, 0.15) is 5.76 Å². The van der Waals surface area contributed by atoms with E-state index in [-0.39, 0.29) is 22.7 Å². The number of nitrogens with one attached hydrogen (secondary N) is 1. The molecule has 1 N–H and O–H groups in total. The molecule has 5 nitrogen and oxygen atoms in total. The maximum absolute atomic E-state index is 10.6. The Bertz CT molecular complexity index is 549. The average Bonchev–Trinajstić information content (AvgIpc) is 2.91. The van der Waals surface area contributed by atoms with E-state index in [2.05, 4.69) is 12.2 Å². The third kappa shape index (κ3) is 3.68. The van der Waals surface area contributed by atoms with Gasteiger partial charge >= 0.3 is 0 Å². The summed E-state index contributed by atoms with van der Waals surface area (Å²) in [6, 6.07) is 10.9. The molecule has 1 aromatic carbocycles. The predicted octanol–water partition coefficient (Wildman–Crippen LogP) is 3.47. The molecule has 0 aliphatic carbocycles. The molecule has 2 atom stereocenters. The Labute approximate surface area is 117 Å². The van der Waals surface area contributed by atoms with Gasteiger partial charge in [0.25, 0.3) is 5.69 Å². The van der Waals surface area contributed by atoms with Crippen LogP contribution in [0.4, 0.5) is 5.69 Å². The molecule has 0 fully saturated rings. The SMILES string of the molecule is CC(Cc1ccco1)NC(C)c1ccc([N+](=O)[O-])cc1.